The van der Waals surface area contributed by atoms with Crippen molar-refractivity contribution in [2.45, 2.75) is 59.4 Å². The maximum Gasteiger partial charge on any atom is 0.239 e. The third-order valence-corrected chi connectivity index (χ3v) is 4.17. The smallest absolute Gasteiger partial charge is 0.239 e. The van der Waals surface area contributed by atoms with Crippen LogP contribution in [-0.2, 0) is 14.4 Å². The first-order valence-electron chi connectivity index (χ1n) is 8.00. The fourth-order valence-corrected chi connectivity index (χ4v) is 3.04. The fourth-order valence-electron chi connectivity index (χ4n) is 3.04. The molecular weight excluding hydrogens is 282 g/mol. The summed E-state index contributed by atoms with van der Waals surface area (Å²) in [6, 6.07) is 0.175. The minimum absolute atomic E-state index is 0.0498. The Morgan fingerprint density at radius 2 is 1.55 bits per heavy atom. The standard InChI is InChI=1S/C16H29N3O3/c1-11(20)17-9-14(21)18-10-15(22)19-13-8-6-5-7-12(13)16(2,3)4/h12-13H,5-10H2,1-4H3,(H,17,20)(H,18,21)(H,19,22)/t12-,13+/m1/s1. The molecule has 126 valence electrons. The van der Waals surface area contributed by atoms with Crippen LogP contribution in [-0.4, -0.2) is 36.9 Å². The maximum atomic E-state index is 12.0. The van der Waals surface area contributed by atoms with Gasteiger partial charge in [0.15, 0.2) is 0 Å². The van der Waals surface area contributed by atoms with Crippen LogP contribution in [0.3, 0.4) is 0 Å². The molecule has 0 aromatic heterocycles. The second-order valence-electron chi connectivity index (χ2n) is 7.12. The van der Waals surface area contributed by atoms with Crippen LogP contribution >= 0.6 is 0 Å². The van der Waals surface area contributed by atoms with Crippen molar-refractivity contribution >= 4 is 17.7 Å². The third-order valence-electron chi connectivity index (χ3n) is 4.17. The molecule has 1 aliphatic rings. The predicted octanol–water partition coefficient (Wildman–Crippen LogP) is 0.960. The lowest BCUT2D eigenvalue weighted by molar-refractivity contribution is -0.127. The summed E-state index contributed by atoms with van der Waals surface area (Å²) in [4.78, 5) is 34.2. The van der Waals surface area contributed by atoms with E-state index in [0.29, 0.717) is 5.92 Å². The Morgan fingerprint density at radius 3 is 2.14 bits per heavy atom. The Kier molecular flexibility index (Phi) is 6.84. The van der Waals surface area contributed by atoms with Gasteiger partial charge in [-0.2, -0.15) is 0 Å². The Morgan fingerprint density at radius 1 is 0.955 bits per heavy atom. The zero-order valence-electron chi connectivity index (χ0n) is 14.1. The number of rotatable bonds is 5. The maximum absolute atomic E-state index is 12.0. The van der Waals surface area contributed by atoms with Crippen molar-refractivity contribution in [1.29, 1.82) is 0 Å². The van der Waals surface area contributed by atoms with E-state index in [0.717, 1.165) is 19.3 Å². The van der Waals surface area contributed by atoms with E-state index in [1.54, 1.807) is 0 Å². The highest BCUT2D eigenvalue weighted by molar-refractivity contribution is 5.87. The molecule has 3 N–H and O–H groups in total. The number of carbonyl (C=O) groups excluding carboxylic acids is 3. The molecule has 22 heavy (non-hydrogen) atoms. The lowest BCUT2D eigenvalue weighted by Crippen LogP contribution is -2.50. The Bertz CT molecular complexity index is 415. The van der Waals surface area contributed by atoms with Gasteiger partial charge in [0, 0.05) is 13.0 Å². The molecule has 0 saturated heterocycles. The van der Waals surface area contributed by atoms with Crippen molar-refractivity contribution in [1.82, 2.24) is 16.0 Å². The van der Waals surface area contributed by atoms with E-state index in [2.05, 4.69) is 36.7 Å². The Balaban J connectivity index is 2.39. The van der Waals surface area contributed by atoms with Crippen LogP contribution in [0.15, 0.2) is 0 Å². The molecule has 1 rings (SSSR count). The second-order valence-corrected chi connectivity index (χ2v) is 7.12. The highest BCUT2D eigenvalue weighted by Crippen LogP contribution is 2.37. The van der Waals surface area contributed by atoms with Crippen LogP contribution < -0.4 is 16.0 Å². The molecule has 0 spiro atoms. The molecule has 1 aliphatic carbocycles. The van der Waals surface area contributed by atoms with Crippen LogP contribution in [0.1, 0.15) is 53.4 Å². The van der Waals surface area contributed by atoms with Crippen molar-refractivity contribution in [2.24, 2.45) is 11.3 Å². The zero-order chi connectivity index (χ0) is 16.8. The van der Waals surface area contributed by atoms with Crippen LogP contribution in [0.2, 0.25) is 0 Å². The minimum atomic E-state index is -0.360. The van der Waals surface area contributed by atoms with Gasteiger partial charge in [-0.1, -0.05) is 33.6 Å². The SMILES string of the molecule is CC(=O)NCC(=O)NCC(=O)N[C@H]1CCCC[C@H]1C(C)(C)C. The van der Waals surface area contributed by atoms with Gasteiger partial charge < -0.3 is 16.0 Å². The van der Waals surface area contributed by atoms with Gasteiger partial charge in [-0.3, -0.25) is 14.4 Å². The fraction of sp³-hybridized carbons (Fsp3) is 0.812. The van der Waals surface area contributed by atoms with E-state index in [1.165, 1.54) is 13.3 Å². The second kappa shape index (κ2) is 8.15. The van der Waals surface area contributed by atoms with Crippen molar-refractivity contribution in [3.8, 4) is 0 Å². The molecule has 2 atom stereocenters. The molecule has 0 aromatic rings. The largest absolute Gasteiger partial charge is 0.352 e. The molecule has 0 bridgehead atoms. The first-order valence-corrected chi connectivity index (χ1v) is 8.00. The van der Waals surface area contributed by atoms with E-state index >= 15 is 0 Å². The number of hydrogen-bond acceptors (Lipinski definition) is 3. The van der Waals surface area contributed by atoms with Gasteiger partial charge in [-0.15, -0.1) is 0 Å². The van der Waals surface area contributed by atoms with E-state index in [-0.39, 0.29) is 42.3 Å². The molecule has 0 heterocycles. The van der Waals surface area contributed by atoms with Crippen LogP contribution in [0, 0.1) is 11.3 Å². The quantitative estimate of drug-likeness (QED) is 0.707. The van der Waals surface area contributed by atoms with Gasteiger partial charge in [0.1, 0.15) is 0 Å². The summed E-state index contributed by atoms with van der Waals surface area (Å²) < 4.78 is 0. The van der Waals surface area contributed by atoms with Gasteiger partial charge in [-0.05, 0) is 24.2 Å². The van der Waals surface area contributed by atoms with E-state index in [4.69, 9.17) is 0 Å². The highest BCUT2D eigenvalue weighted by Gasteiger charge is 2.34. The van der Waals surface area contributed by atoms with Gasteiger partial charge >= 0.3 is 0 Å². The lowest BCUT2D eigenvalue weighted by atomic mass is 9.69. The lowest BCUT2D eigenvalue weighted by Gasteiger charge is -2.40. The first-order chi connectivity index (χ1) is 10.2. The molecule has 6 heteroatoms. The molecule has 0 radical (unpaired) electrons. The molecule has 0 aliphatic heterocycles. The average Bonchev–Trinajstić information content (AvgIpc) is 2.42. The number of carbonyl (C=O) groups is 3. The number of amides is 3. The third kappa shape index (κ3) is 6.45. The van der Waals surface area contributed by atoms with Crippen molar-refractivity contribution in [3.05, 3.63) is 0 Å². The van der Waals surface area contributed by atoms with Gasteiger partial charge in [-0.25, -0.2) is 0 Å². The molecular formula is C16H29N3O3. The number of nitrogens with one attached hydrogen (secondary N) is 3. The topological polar surface area (TPSA) is 87.3 Å². The Hall–Kier alpha value is -1.59. The summed E-state index contributed by atoms with van der Waals surface area (Å²) in [5.74, 6) is -0.339. The molecule has 0 unspecified atom stereocenters. The Labute approximate surface area is 132 Å². The van der Waals surface area contributed by atoms with Gasteiger partial charge in [0.25, 0.3) is 0 Å². The van der Waals surface area contributed by atoms with Crippen LogP contribution in [0.25, 0.3) is 0 Å². The normalized spacial score (nSPS) is 21.8. The molecule has 1 fully saturated rings. The van der Waals surface area contributed by atoms with Crippen LogP contribution in [0.4, 0.5) is 0 Å². The molecule has 1 saturated carbocycles. The molecule has 6 nitrogen and oxygen atoms in total. The van der Waals surface area contributed by atoms with Crippen molar-refractivity contribution in [2.75, 3.05) is 13.1 Å². The minimum Gasteiger partial charge on any atom is -0.352 e. The van der Waals surface area contributed by atoms with Gasteiger partial charge in [0.2, 0.25) is 17.7 Å². The van der Waals surface area contributed by atoms with Crippen molar-refractivity contribution < 1.29 is 14.4 Å². The van der Waals surface area contributed by atoms with E-state index < -0.39 is 0 Å². The summed E-state index contributed by atoms with van der Waals surface area (Å²) in [7, 11) is 0. The highest BCUT2D eigenvalue weighted by atomic mass is 16.2. The first kappa shape index (κ1) is 18.5. The van der Waals surface area contributed by atoms with Gasteiger partial charge in [0.05, 0.1) is 13.1 Å². The molecule has 0 aromatic carbocycles. The summed E-state index contributed by atoms with van der Waals surface area (Å²) in [6.07, 6.45) is 4.46. The summed E-state index contributed by atoms with van der Waals surface area (Å²) in [6.45, 7) is 7.81. The van der Waals surface area contributed by atoms with Crippen molar-refractivity contribution in [3.63, 3.8) is 0 Å². The van der Waals surface area contributed by atoms with E-state index in [1.807, 2.05) is 0 Å². The summed E-state index contributed by atoms with van der Waals surface area (Å²) >= 11 is 0. The van der Waals surface area contributed by atoms with Crippen LogP contribution in [0.5, 0.6) is 0 Å². The monoisotopic (exact) mass is 311 g/mol. The molecule has 3 amide bonds. The van der Waals surface area contributed by atoms with E-state index in [9.17, 15) is 14.4 Å². The zero-order valence-corrected chi connectivity index (χ0v) is 14.1. The predicted molar refractivity (Wildman–Crippen MR) is 85.0 cm³/mol. The summed E-state index contributed by atoms with van der Waals surface area (Å²) in [5.41, 5.74) is 0.160. The number of hydrogen-bond donors (Lipinski definition) is 3. The average molecular weight is 311 g/mol. The summed E-state index contributed by atoms with van der Waals surface area (Å²) in [5, 5.41) is 7.96.